The van der Waals surface area contributed by atoms with Gasteiger partial charge in [0.15, 0.2) is 10.8 Å². The first-order valence-corrected chi connectivity index (χ1v) is 9.19. The Bertz CT molecular complexity index is 712. The zero-order chi connectivity index (χ0) is 17.5. The third-order valence-corrected chi connectivity index (χ3v) is 3.85. The lowest BCUT2D eigenvalue weighted by Crippen LogP contribution is -2.27. The third kappa shape index (κ3) is 4.70. The quantitative estimate of drug-likeness (QED) is 0.411. The van der Waals surface area contributed by atoms with E-state index in [-0.39, 0.29) is 11.9 Å². The summed E-state index contributed by atoms with van der Waals surface area (Å²) < 4.78 is 1.80. The Morgan fingerprint density at radius 2 is 2.25 bits per heavy atom. The summed E-state index contributed by atoms with van der Waals surface area (Å²) in [5.74, 6) is 0.813. The summed E-state index contributed by atoms with van der Waals surface area (Å²) in [5.41, 5.74) is 0.776. The first-order chi connectivity index (χ1) is 11.5. The molecule has 0 aromatic carbocycles. The molecule has 2 rings (SSSR count). The van der Waals surface area contributed by atoms with Gasteiger partial charge in [-0.15, -0.1) is 6.58 Å². The van der Waals surface area contributed by atoms with Crippen molar-refractivity contribution in [2.75, 3.05) is 18.1 Å². The number of fused-ring (bicyclic) bond motifs is 1. The smallest absolute Gasteiger partial charge is 0.220 e. The molecule has 1 amide bonds. The van der Waals surface area contributed by atoms with Crippen molar-refractivity contribution in [3.05, 3.63) is 18.9 Å². The van der Waals surface area contributed by atoms with Crippen LogP contribution in [-0.4, -0.2) is 44.5 Å². The van der Waals surface area contributed by atoms with Gasteiger partial charge >= 0.3 is 0 Å². The van der Waals surface area contributed by atoms with Crippen molar-refractivity contribution in [1.82, 2.24) is 25.1 Å². The number of nitrogens with one attached hydrogen (secondary N) is 2. The van der Waals surface area contributed by atoms with E-state index in [1.54, 1.807) is 17.0 Å². The molecule has 2 aromatic rings. The van der Waals surface area contributed by atoms with Gasteiger partial charge in [0.25, 0.3) is 0 Å². The average Bonchev–Trinajstić information content (AvgIpc) is 2.95. The Balaban J connectivity index is 2.13. The van der Waals surface area contributed by atoms with E-state index in [0.717, 1.165) is 16.9 Å². The number of hydrogen-bond donors (Lipinski definition) is 2. The molecule has 0 aliphatic heterocycles. The number of aromatic nitrogens is 4. The number of anilines is 1. The Labute approximate surface area is 146 Å². The molecule has 7 nitrogen and oxygen atoms in total. The van der Waals surface area contributed by atoms with E-state index in [9.17, 15) is 4.79 Å². The Morgan fingerprint density at radius 3 is 2.92 bits per heavy atom. The molecule has 2 heterocycles. The Morgan fingerprint density at radius 1 is 1.46 bits per heavy atom. The SMILES string of the molecule is C=CCCC(=O)NCCn1ncc2c(NC(C)C)nc(SC)nc21. The number of carbonyl (C=O) groups excluding carboxylic acids is 1. The molecule has 0 spiro atoms. The number of amides is 1. The first-order valence-electron chi connectivity index (χ1n) is 7.96. The van der Waals surface area contributed by atoms with Gasteiger partial charge < -0.3 is 10.6 Å². The monoisotopic (exact) mass is 348 g/mol. The molecule has 0 saturated heterocycles. The van der Waals surface area contributed by atoms with Gasteiger partial charge in [0.05, 0.1) is 18.1 Å². The van der Waals surface area contributed by atoms with E-state index in [0.29, 0.717) is 31.1 Å². The summed E-state index contributed by atoms with van der Waals surface area (Å²) in [5, 5.41) is 12.2. The van der Waals surface area contributed by atoms with Crippen LogP contribution < -0.4 is 10.6 Å². The maximum atomic E-state index is 11.6. The van der Waals surface area contributed by atoms with E-state index in [1.165, 1.54) is 11.8 Å². The fourth-order valence-electron chi connectivity index (χ4n) is 2.20. The third-order valence-electron chi connectivity index (χ3n) is 3.30. The summed E-state index contributed by atoms with van der Waals surface area (Å²) in [6.07, 6.45) is 6.60. The highest BCUT2D eigenvalue weighted by Crippen LogP contribution is 2.23. The molecule has 0 aliphatic rings. The fraction of sp³-hybridized carbons (Fsp3) is 0.500. The molecular weight excluding hydrogens is 324 g/mol. The van der Waals surface area contributed by atoms with Crippen LogP contribution in [0, 0.1) is 0 Å². The second kappa shape index (κ2) is 8.68. The molecule has 0 bridgehead atoms. The van der Waals surface area contributed by atoms with Crippen LogP contribution in [0.2, 0.25) is 0 Å². The normalized spacial score (nSPS) is 11.0. The standard InChI is InChI=1S/C16H24N6OS/c1-5-6-7-13(23)17-8-9-22-15-12(10-18-22)14(19-11(2)3)20-16(21-15)24-4/h5,10-11H,1,6-9H2,2-4H3,(H,17,23)(H,19,20,21). The van der Waals surface area contributed by atoms with E-state index in [2.05, 4.69) is 46.1 Å². The summed E-state index contributed by atoms with van der Waals surface area (Å²) in [7, 11) is 0. The fourth-order valence-corrected chi connectivity index (χ4v) is 2.56. The zero-order valence-corrected chi connectivity index (χ0v) is 15.2. The van der Waals surface area contributed by atoms with Gasteiger partial charge in [-0.05, 0) is 26.5 Å². The molecule has 0 atom stereocenters. The summed E-state index contributed by atoms with van der Waals surface area (Å²) in [6, 6.07) is 0.269. The van der Waals surface area contributed by atoms with E-state index in [1.807, 2.05) is 6.26 Å². The van der Waals surface area contributed by atoms with Crippen molar-refractivity contribution in [3.8, 4) is 0 Å². The maximum Gasteiger partial charge on any atom is 0.220 e. The average molecular weight is 348 g/mol. The maximum absolute atomic E-state index is 11.6. The molecule has 2 aromatic heterocycles. The van der Waals surface area contributed by atoms with Gasteiger partial charge in [0.2, 0.25) is 5.91 Å². The Kier molecular flexibility index (Phi) is 6.60. The largest absolute Gasteiger partial charge is 0.367 e. The van der Waals surface area contributed by atoms with Gasteiger partial charge in [-0.3, -0.25) is 4.79 Å². The lowest BCUT2D eigenvalue weighted by molar-refractivity contribution is -0.121. The van der Waals surface area contributed by atoms with Crippen molar-refractivity contribution < 1.29 is 4.79 Å². The predicted octanol–water partition coefficient (Wildman–Crippen LogP) is 2.45. The topological polar surface area (TPSA) is 84.7 Å². The number of rotatable bonds is 9. The van der Waals surface area contributed by atoms with Crippen molar-refractivity contribution in [3.63, 3.8) is 0 Å². The zero-order valence-electron chi connectivity index (χ0n) is 14.4. The molecule has 0 radical (unpaired) electrons. The minimum atomic E-state index is 0.0213. The number of hydrogen-bond acceptors (Lipinski definition) is 6. The number of nitrogens with zero attached hydrogens (tertiary/aromatic N) is 4. The second-order valence-corrected chi connectivity index (χ2v) is 6.41. The van der Waals surface area contributed by atoms with Crippen molar-refractivity contribution >= 4 is 34.5 Å². The molecule has 0 unspecified atom stereocenters. The Hall–Kier alpha value is -2.09. The van der Waals surface area contributed by atoms with Crippen molar-refractivity contribution in [2.45, 2.75) is 44.4 Å². The van der Waals surface area contributed by atoms with E-state index >= 15 is 0 Å². The molecule has 8 heteroatoms. The predicted molar refractivity (Wildman–Crippen MR) is 98.3 cm³/mol. The van der Waals surface area contributed by atoms with E-state index < -0.39 is 0 Å². The van der Waals surface area contributed by atoms with Crippen LogP contribution in [0.1, 0.15) is 26.7 Å². The van der Waals surface area contributed by atoms with Gasteiger partial charge in [0, 0.05) is 19.0 Å². The van der Waals surface area contributed by atoms with Crippen LogP contribution in [0.4, 0.5) is 5.82 Å². The number of thioether (sulfide) groups is 1. The lowest BCUT2D eigenvalue weighted by Gasteiger charge is -2.11. The minimum absolute atomic E-state index is 0.0213. The first kappa shape index (κ1) is 18.3. The summed E-state index contributed by atoms with van der Waals surface area (Å²) in [6.45, 7) is 8.82. The van der Waals surface area contributed by atoms with Gasteiger partial charge in [0.1, 0.15) is 5.82 Å². The highest BCUT2D eigenvalue weighted by molar-refractivity contribution is 7.98. The van der Waals surface area contributed by atoms with Gasteiger partial charge in [-0.25, -0.2) is 14.6 Å². The van der Waals surface area contributed by atoms with Crippen LogP contribution >= 0.6 is 11.8 Å². The molecule has 130 valence electrons. The number of allylic oxidation sites excluding steroid dienone is 1. The molecule has 0 saturated carbocycles. The highest BCUT2D eigenvalue weighted by Gasteiger charge is 2.13. The van der Waals surface area contributed by atoms with Crippen LogP contribution in [0.15, 0.2) is 24.0 Å². The molecule has 2 N–H and O–H groups in total. The molecular formula is C16H24N6OS. The molecule has 0 aliphatic carbocycles. The van der Waals surface area contributed by atoms with Crippen LogP contribution in [0.3, 0.4) is 0 Å². The second-order valence-electron chi connectivity index (χ2n) is 5.64. The van der Waals surface area contributed by atoms with Crippen LogP contribution in [-0.2, 0) is 11.3 Å². The lowest BCUT2D eigenvalue weighted by atomic mass is 10.3. The highest BCUT2D eigenvalue weighted by atomic mass is 32.2. The molecule has 0 fully saturated rings. The number of carbonyl (C=O) groups is 1. The summed E-state index contributed by atoms with van der Waals surface area (Å²) in [4.78, 5) is 20.7. The van der Waals surface area contributed by atoms with Gasteiger partial charge in [-0.1, -0.05) is 17.8 Å². The van der Waals surface area contributed by atoms with Crippen LogP contribution in [0.25, 0.3) is 11.0 Å². The van der Waals surface area contributed by atoms with Crippen molar-refractivity contribution in [2.24, 2.45) is 0 Å². The van der Waals surface area contributed by atoms with E-state index in [4.69, 9.17) is 0 Å². The van der Waals surface area contributed by atoms with Gasteiger partial charge in [-0.2, -0.15) is 5.10 Å². The summed E-state index contributed by atoms with van der Waals surface area (Å²) >= 11 is 1.49. The minimum Gasteiger partial charge on any atom is -0.367 e. The van der Waals surface area contributed by atoms with Crippen LogP contribution in [0.5, 0.6) is 0 Å². The van der Waals surface area contributed by atoms with Crippen molar-refractivity contribution in [1.29, 1.82) is 0 Å². The molecule has 24 heavy (non-hydrogen) atoms.